The fourth-order valence-electron chi connectivity index (χ4n) is 2.74. The Bertz CT molecular complexity index is 1300. The molecule has 0 atom stereocenters. The van der Waals surface area contributed by atoms with Crippen molar-refractivity contribution in [2.75, 3.05) is 12.4 Å². The fourth-order valence-corrected chi connectivity index (χ4v) is 2.74. The van der Waals surface area contributed by atoms with Crippen LogP contribution in [0.2, 0.25) is 0 Å². The van der Waals surface area contributed by atoms with E-state index in [4.69, 9.17) is 15.2 Å². The van der Waals surface area contributed by atoms with Gasteiger partial charge in [0.1, 0.15) is 28.5 Å². The third-order valence-corrected chi connectivity index (χ3v) is 4.26. The predicted octanol–water partition coefficient (Wildman–Crippen LogP) is 4.55. The van der Waals surface area contributed by atoms with Crippen molar-refractivity contribution in [3.63, 3.8) is 0 Å². The number of carbonyl (C=O) groups excluding carboxylic acids is 2. The Morgan fingerprint density at radius 3 is 2.28 bits per heavy atom. The second-order valence-electron chi connectivity index (χ2n) is 6.77. The maximum Gasteiger partial charge on any atom is 0.573 e. The van der Waals surface area contributed by atoms with E-state index in [1.165, 1.54) is 6.07 Å². The number of ether oxygens (including phenoxy) is 3. The van der Waals surface area contributed by atoms with Crippen molar-refractivity contribution in [1.82, 2.24) is 9.97 Å². The fraction of sp³-hybridized carbons (Fsp3) is 0.143. The number of primary amides is 1. The Morgan fingerprint density at radius 1 is 0.944 bits per heavy atom. The van der Waals surface area contributed by atoms with Crippen LogP contribution in [0.5, 0.6) is 23.0 Å². The Kier molecular flexibility index (Phi) is 7.22. The number of anilines is 1. The van der Waals surface area contributed by atoms with Crippen molar-refractivity contribution >= 4 is 17.5 Å². The summed E-state index contributed by atoms with van der Waals surface area (Å²) >= 11 is 0. The largest absolute Gasteiger partial charge is 0.573 e. The van der Waals surface area contributed by atoms with Gasteiger partial charge in [0, 0.05) is 30.2 Å². The van der Waals surface area contributed by atoms with E-state index in [1.54, 1.807) is 0 Å². The zero-order chi connectivity index (χ0) is 26.7. The van der Waals surface area contributed by atoms with E-state index in [1.807, 2.05) is 0 Å². The van der Waals surface area contributed by atoms with Gasteiger partial charge < -0.3 is 25.3 Å². The first-order valence-electron chi connectivity index (χ1n) is 9.53. The summed E-state index contributed by atoms with van der Waals surface area (Å²) in [5, 5.41) is 2.34. The van der Waals surface area contributed by atoms with E-state index in [9.17, 15) is 35.9 Å². The molecule has 2 amide bonds. The lowest BCUT2D eigenvalue weighted by Gasteiger charge is -2.16. The summed E-state index contributed by atoms with van der Waals surface area (Å²) < 4.78 is 91.3. The molecule has 3 aromatic rings. The van der Waals surface area contributed by atoms with Crippen LogP contribution in [-0.2, 0) is 6.18 Å². The summed E-state index contributed by atoms with van der Waals surface area (Å²) in [4.78, 5) is 31.0. The first kappa shape index (κ1) is 26.1. The van der Waals surface area contributed by atoms with Crippen molar-refractivity contribution in [2.45, 2.75) is 12.5 Å². The normalized spacial score (nSPS) is 11.5. The summed E-state index contributed by atoms with van der Waals surface area (Å²) in [6, 6.07) is 5.40. The van der Waals surface area contributed by atoms with Crippen LogP contribution in [0.4, 0.5) is 32.0 Å². The molecule has 190 valence electrons. The molecule has 9 nitrogen and oxygen atoms in total. The average molecular weight is 516 g/mol. The van der Waals surface area contributed by atoms with Crippen LogP contribution >= 0.6 is 0 Å². The molecule has 0 fully saturated rings. The van der Waals surface area contributed by atoms with Crippen molar-refractivity contribution in [3.8, 4) is 23.0 Å². The van der Waals surface area contributed by atoms with Crippen LogP contribution in [0.25, 0.3) is 0 Å². The van der Waals surface area contributed by atoms with Gasteiger partial charge in [0.25, 0.3) is 11.8 Å². The maximum absolute atomic E-state index is 13.2. The van der Waals surface area contributed by atoms with Gasteiger partial charge in [0.15, 0.2) is 11.5 Å². The molecule has 2 heterocycles. The molecule has 0 bridgehead atoms. The van der Waals surface area contributed by atoms with Crippen LogP contribution in [0.15, 0.2) is 48.8 Å². The van der Waals surface area contributed by atoms with E-state index >= 15 is 0 Å². The molecule has 0 aliphatic carbocycles. The SMILES string of the molecule is COc1cc(OC(F)(F)F)ccc1Oc1cc(C(F)(F)F)ncc1C(=O)Nc1ccnc(C(N)=O)c1. The molecule has 0 aliphatic heterocycles. The zero-order valence-corrected chi connectivity index (χ0v) is 17.9. The maximum atomic E-state index is 13.2. The summed E-state index contributed by atoms with van der Waals surface area (Å²) in [5.41, 5.74) is 3.06. The Morgan fingerprint density at radius 2 is 1.67 bits per heavy atom. The second kappa shape index (κ2) is 9.97. The molecular weight excluding hydrogens is 502 g/mol. The number of pyridine rings is 2. The van der Waals surface area contributed by atoms with Gasteiger partial charge >= 0.3 is 12.5 Å². The van der Waals surface area contributed by atoms with Crippen LogP contribution in [0.3, 0.4) is 0 Å². The third kappa shape index (κ3) is 6.52. The van der Waals surface area contributed by atoms with Gasteiger partial charge in [0.2, 0.25) is 0 Å². The van der Waals surface area contributed by atoms with Gasteiger partial charge in [-0.3, -0.25) is 19.6 Å². The zero-order valence-electron chi connectivity index (χ0n) is 17.9. The molecule has 0 aliphatic rings. The molecule has 0 saturated heterocycles. The lowest BCUT2D eigenvalue weighted by atomic mass is 10.2. The van der Waals surface area contributed by atoms with Gasteiger partial charge in [-0.2, -0.15) is 13.2 Å². The highest BCUT2D eigenvalue weighted by molar-refractivity contribution is 6.06. The highest BCUT2D eigenvalue weighted by Crippen LogP contribution is 2.39. The lowest BCUT2D eigenvalue weighted by Crippen LogP contribution is -2.17. The molecule has 36 heavy (non-hydrogen) atoms. The quantitative estimate of drug-likeness (QED) is 0.442. The van der Waals surface area contributed by atoms with E-state index < -0.39 is 47.1 Å². The first-order valence-corrected chi connectivity index (χ1v) is 9.53. The van der Waals surface area contributed by atoms with Crippen molar-refractivity contribution in [2.24, 2.45) is 5.73 Å². The minimum atomic E-state index is -5.01. The minimum Gasteiger partial charge on any atom is -0.493 e. The second-order valence-corrected chi connectivity index (χ2v) is 6.77. The van der Waals surface area contributed by atoms with Crippen molar-refractivity contribution in [3.05, 3.63) is 65.7 Å². The van der Waals surface area contributed by atoms with Crippen LogP contribution < -0.4 is 25.3 Å². The van der Waals surface area contributed by atoms with Crippen LogP contribution in [-0.4, -0.2) is 35.3 Å². The number of methoxy groups -OCH3 is 1. The molecule has 3 N–H and O–H groups in total. The summed E-state index contributed by atoms with van der Waals surface area (Å²) in [5.74, 6) is -3.89. The van der Waals surface area contributed by atoms with E-state index in [0.29, 0.717) is 12.3 Å². The smallest absolute Gasteiger partial charge is 0.493 e. The Labute approximate surface area is 197 Å². The van der Waals surface area contributed by atoms with E-state index in [0.717, 1.165) is 37.6 Å². The molecule has 0 unspecified atom stereocenters. The summed E-state index contributed by atoms with van der Waals surface area (Å²) in [6.45, 7) is 0. The molecule has 0 radical (unpaired) electrons. The molecule has 15 heteroatoms. The number of alkyl halides is 6. The van der Waals surface area contributed by atoms with Gasteiger partial charge in [-0.25, -0.2) is 0 Å². The number of hydrogen-bond donors (Lipinski definition) is 2. The summed E-state index contributed by atoms with van der Waals surface area (Å²) in [6.07, 6.45) is -8.17. The lowest BCUT2D eigenvalue weighted by molar-refractivity contribution is -0.274. The monoisotopic (exact) mass is 516 g/mol. The number of nitrogens with two attached hydrogens (primary N) is 1. The standard InChI is InChI=1S/C21H14F6N4O5/c1-34-16-7-11(36-21(25,26)27)2-3-14(16)35-15-8-17(20(22,23)24)30-9-12(15)19(33)31-10-4-5-29-13(6-10)18(28)32/h2-9H,1H3,(H2,28,32)(H,29,31,33). The van der Waals surface area contributed by atoms with Gasteiger partial charge in [-0.05, 0) is 24.3 Å². The van der Waals surface area contributed by atoms with Gasteiger partial charge in [-0.15, -0.1) is 13.2 Å². The molecule has 1 aromatic carbocycles. The predicted molar refractivity (Wildman–Crippen MR) is 110 cm³/mol. The minimum absolute atomic E-state index is 0.0286. The molecule has 0 spiro atoms. The number of nitrogens with zero attached hydrogens (tertiary/aromatic N) is 2. The number of aromatic nitrogens is 2. The van der Waals surface area contributed by atoms with Crippen molar-refractivity contribution < 1.29 is 50.1 Å². The van der Waals surface area contributed by atoms with Gasteiger partial charge in [0.05, 0.1) is 7.11 Å². The number of rotatable bonds is 7. The highest BCUT2D eigenvalue weighted by atomic mass is 19.4. The topological polar surface area (TPSA) is 126 Å². The molecule has 2 aromatic heterocycles. The number of benzene rings is 1. The summed E-state index contributed by atoms with van der Waals surface area (Å²) in [7, 11) is 1.07. The van der Waals surface area contributed by atoms with E-state index in [2.05, 4.69) is 20.0 Å². The Balaban J connectivity index is 1.99. The molecule has 0 saturated carbocycles. The van der Waals surface area contributed by atoms with E-state index in [-0.39, 0.29) is 22.9 Å². The number of nitrogens with one attached hydrogen (secondary N) is 1. The van der Waals surface area contributed by atoms with Crippen LogP contribution in [0, 0.1) is 0 Å². The molecule has 3 rings (SSSR count). The average Bonchev–Trinajstić information content (AvgIpc) is 2.78. The number of amides is 2. The number of carbonyl (C=O) groups is 2. The molecular formula is C21H14F6N4O5. The Hall–Kier alpha value is -4.56. The highest BCUT2D eigenvalue weighted by Gasteiger charge is 2.34. The number of halogens is 6. The van der Waals surface area contributed by atoms with Crippen molar-refractivity contribution in [1.29, 1.82) is 0 Å². The van der Waals surface area contributed by atoms with Gasteiger partial charge in [-0.1, -0.05) is 0 Å². The van der Waals surface area contributed by atoms with Crippen LogP contribution in [0.1, 0.15) is 26.5 Å². The first-order chi connectivity index (χ1) is 16.8. The third-order valence-electron chi connectivity index (χ3n) is 4.26. The number of hydrogen-bond acceptors (Lipinski definition) is 7.